The normalized spacial score (nSPS) is 18.4. The SMILES string of the molecule is CCN1CCN(C(c2cc3cc4c(cc3[nH]c2=O)OCO4)c2nnnn2C(C)(C)C)CC1. The average molecular weight is 440 g/mol. The third kappa shape index (κ3) is 3.63. The maximum atomic E-state index is 13.4. The van der Waals surface area contributed by atoms with E-state index in [2.05, 4.69) is 58.0 Å². The molecular formula is C22H29N7O3. The number of rotatable bonds is 4. The van der Waals surface area contributed by atoms with Crippen molar-refractivity contribution in [2.24, 2.45) is 0 Å². The second-order valence-electron chi connectivity index (χ2n) is 9.34. The van der Waals surface area contributed by atoms with E-state index >= 15 is 0 Å². The quantitative estimate of drug-likeness (QED) is 0.656. The van der Waals surface area contributed by atoms with E-state index in [-0.39, 0.29) is 23.9 Å². The van der Waals surface area contributed by atoms with Gasteiger partial charge in [-0.25, -0.2) is 4.68 Å². The summed E-state index contributed by atoms with van der Waals surface area (Å²) in [6, 6.07) is 5.31. The number of fused-ring (bicyclic) bond motifs is 2. The van der Waals surface area contributed by atoms with Gasteiger partial charge in [0, 0.05) is 43.2 Å². The Morgan fingerprint density at radius 1 is 1.09 bits per heavy atom. The van der Waals surface area contributed by atoms with Crippen LogP contribution in [0.4, 0.5) is 0 Å². The molecule has 10 heteroatoms. The molecule has 1 saturated heterocycles. The fraction of sp³-hybridized carbons (Fsp3) is 0.545. The third-order valence-electron chi connectivity index (χ3n) is 6.25. The molecule has 10 nitrogen and oxygen atoms in total. The average Bonchev–Trinajstić information content (AvgIpc) is 3.42. The van der Waals surface area contributed by atoms with Gasteiger partial charge in [0.25, 0.3) is 5.56 Å². The van der Waals surface area contributed by atoms with Crippen LogP contribution in [0.15, 0.2) is 23.0 Å². The van der Waals surface area contributed by atoms with E-state index in [1.165, 1.54) is 0 Å². The van der Waals surface area contributed by atoms with E-state index in [1.54, 1.807) is 0 Å². The summed E-state index contributed by atoms with van der Waals surface area (Å²) in [5.74, 6) is 2.00. The molecule has 1 fully saturated rings. The molecule has 0 bridgehead atoms. The zero-order chi connectivity index (χ0) is 22.5. The lowest BCUT2D eigenvalue weighted by molar-refractivity contribution is 0.105. The monoisotopic (exact) mass is 439 g/mol. The number of benzene rings is 1. The van der Waals surface area contributed by atoms with E-state index in [0.29, 0.717) is 28.4 Å². The van der Waals surface area contributed by atoms with Gasteiger partial charge in [0.2, 0.25) is 6.79 Å². The summed E-state index contributed by atoms with van der Waals surface area (Å²) < 4.78 is 12.8. The molecule has 2 aromatic heterocycles. The molecule has 32 heavy (non-hydrogen) atoms. The van der Waals surface area contributed by atoms with Crippen LogP contribution in [-0.2, 0) is 5.54 Å². The minimum atomic E-state index is -0.359. The number of ether oxygens (including phenoxy) is 2. The summed E-state index contributed by atoms with van der Waals surface area (Å²) in [5, 5.41) is 13.5. The lowest BCUT2D eigenvalue weighted by atomic mass is 10.0. The van der Waals surface area contributed by atoms with Crippen molar-refractivity contribution in [3.63, 3.8) is 0 Å². The molecule has 3 aromatic rings. The summed E-state index contributed by atoms with van der Waals surface area (Å²) in [7, 11) is 0. The van der Waals surface area contributed by atoms with Crippen molar-refractivity contribution in [3.05, 3.63) is 39.9 Å². The fourth-order valence-corrected chi connectivity index (χ4v) is 4.50. The zero-order valence-electron chi connectivity index (χ0n) is 19.0. The Balaban J connectivity index is 1.64. The Morgan fingerprint density at radius 2 is 1.81 bits per heavy atom. The first kappa shape index (κ1) is 20.9. The lowest BCUT2D eigenvalue weighted by Crippen LogP contribution is -2.49. The van der Waals surface area contributed by atoms with Crippen LogP contribution >= 0.6 is 0 Å². The molecule has 170 valence electrons. The van der Waals surface area contributed by atoms with Gasteiger partial charge in [0.15, 0.2) is 17.3 Å². The number of H-pyrrole nitrogens is 1. The predicted molar refractivity (Wildman–Crippen MR) is 119 cm³/mol. The first-order valence-electron chi connectivity index (χ1n) is 11.1. The van der Waals surface area contributed by atoms with Crippen molar-refractivity contribution >= 4 is 10.9 Å². The van der Waals surface area contributed by atoms with E-state index in [9.17, 15) is 4.79 Å². The highest BCUT2D eigenvalue weighted by Gasteiger charge is 2.34. The van der Waals surface area contributed by atoms with Gasteiger partial charge < -0.3 is 19.4 Å². The Hall–Kier alpha value is -2.98. The molecule has 0 aliphatic carbocycles. The second-order valence-corrected chi connectivity index (χ2v) is 9.34. The molecule has 2 aliphatic rings. The number of hydrogen-bond donors (Lipinski definition) is 1. The number of hydrogen-bond acceptors (Lipinski definition) is 8. The molecular weight excluding hydrogens is 410 g/mol. The second kappa shape index (κ2) is 7.86. The Morgan fingerprint density at radius 3 is 2.50 bits per heavy atom. The maximum Gasteiger partial charge on any atom is 0.253 e. The van der Waals surface area contributed by atoms with Crippen LogP contribution in [0.3, 0.4) is 0 Å². The van der Waals surface area contributed by atoms with Gasteiger partial charge in [0.1, 0.15) is 6.04 Å². The van der Waals surface area contributed by atoms with E-state index < -0.39 is 0 Å². The van der Waals surface area contributed by atoms with Crippen LogP contribution in [0.25, 0.3) is 10.9 Å². The van der Waals surface area contributed by atoms with Gasteiger partial charge in [0.05, 0.1) is 11.1 Å². The highest BCUT2D eigenvalue weighted by Crippen LogP contribution is 2.36. The predicted octanol–water partition coefficient (Wildman–Crippen LogP) is 1.73. The molecule has 1 N–H and O–H groups in total. The highest BCUT2D eigenvalue weighted by molar-refractivity contribution is 5.83. The minimum Gasteiger partial charge on any atom is -0.454 e. The number of aromatic amines is 1. The molecule has 1 unspecified atom stereocenters. The van der Waals surface area contributed by atoms with Gasteiger partial charge in [-0.05, 0) is 49.9 Å². The van der Waals surface area contributed by atoms with Gasteiger partial charge in [-0.2, -0.15) is 0 Å². The largest absolute Gasteiger partial charge is 0.454 e. The Labute approximate surface area is 186 Å². The van der Waals surface area contributed by atoms with E-state index in [0.717, 1.165) is 38.1 Å². The van der Waals surface area contributed by atoms with Crippen LogP contribution in [-0.4, -0.2) is 74.5 Å². The van der Waals surface area contributed by atoms with Crippen LogP contribution < -0.4 is 15.0 Å². The summed E-state index contributed by atoms with van der Waals surface area (Å²) in [5.41, 5.74) is 0.870. The molecule has 4 heterocycles. The molecule has 0 saturated carbocycles. The van der Waals surface area contributed by atoms with Gasteiger partial charge >= 0.3 is 0 Å². The standard InChI is InChI=1S/C22H29N7O3/c1-5-27-6-8-28(9-7-27)19(20-24-25-26-29(20)22(2,3)4)15-10-14-11-17-18(32-13-31-17)12-16(14)23-21(15)30/h10-12,19H,5-9,13H2,1-4H3,(H,23,30). The van der Waals surface area contributed by atoms with Crippen molar-refractivity contribution in [2.75, 3.05) is 39.5 Å². The summed E-state index contributed by atoms with van der Waals surface area (Å²) in [6.45, 7) is 13.1. The molecule has 2 aliphatic heterocycles. The number of likely N-dealkylation sites (N-methyl/N-ethyl adjacent to an activating group) is 1. The van der Waals surface area contributed by atoms with Crippen molar-refractivity contribution in [2.45, 2.75) is 39.3 Å². The third-order valence-corrected chi connectivity index (χ3v) is 6.25. The van der Waals surface area contributed by atoms with Gasteiger partial charge in [-0.3, -0.25) is 9.69 Å². The van der Waals surface area contributed by atoms with Crippen LogP contribution in [0.5, 0.6) is 11.5 Å². The number of aromatic nitrogens is 5. The van der Waals surface area contributed by atoms with Crippen molar-refractivity contribution < 1.29 is 9.47 Å². The number of tetrazole rings is 1. The molecule has 5 rings (SSSR count). The first-order valence-corrected chi connectivity index (χ1v) is 11.1. The van der Waals surface area contributed by atoms with E-state index in [4.69, 9.17) is 9.47 Å². The first-order chi connectivity index (χ1) is 15.3. The minimum absolute atomic E-state index is 0.150. The van der Waals surface area contributed by atoms with Gasteiger partial charge in [-0.1, -0.05) is 6.92 Å². The summed E-state index contributed by atoms with van der Waals surface area (Å²) in [6.07, 6.45) is 0. The molecule has 0 spiro atoms. The number of nitrogens with one attached hydrogen (secondary N) is 1. The molecule has 0 radical (unpaired) electrons. The number of nitrogens with zero attached hydrogens (tertiary/aromatic N) is 6. The Bertz CT molecular complexity index is 1190. The molecule has 1 aromatic carbocycles. The smallest absolute Gasteiger partial charge is 0.253 e. The van der Waals surface area contributed by atoms with Crippen LogP contribution in [0, 0.1) is 0 Å². The van der Waals surface area contributed by atoms with Crippen LogP contribution in [0.2, 0.25) is 0 Å². The highest BCUT2D eigenvalue weighted by atomic mass is 16.7. The van der Waals surface area contributed by atoms with Crippen molar-refractivity contribution in [1.82, 2.24) is 35.0 Å². The summed E-state index contributed by atoms with van der Waals surface area (Å²) >= 11 is 0. The number of pyridine rings is 1. The zero-order valence-corrected chi connectivity index (χ0v) is 19.0. The maximum absolute atomic E-state index is 13.4. The lowest BCUT2D eigenvalue weighted by Gasteiger charge is -2.39. The molecule has 1 atom stereocenters. The van der Waals surface area contributed by atoms with Gasteiger partial charge in [-0.15, -0.1) is 5.10 Å². The number of piperazine rings is 1. The Kier molecular flexibility index (Phi) is 5.13. The fourth-order valence-electron chi connectivity index (χ4n) is 4.50. The summed E-state index contributed by atoms with van der Waals surface area (Å²) in [4.78, 5) is 21.1. The van der Waals surface area contributed by atoms with Crippen LogP contribution in [0.1, 0.15) is 45.1 Å². The van der Waals surface area contributed by atoms with Crippen molar-refractivity contribution in [3.8, 4) is 11.5 Å². The topological polar surface area (TPSA) is 101 Å². The van der Waals surface area contributed by atoms with Crippen molar-refractivity contribution in [1.29, 1.82) is 0 Å². The van der Waals surface area contributed by atoms with E-state index in [1.807, 2.05) is 22.9 Å². The molecule has 0 amide bonds.